The summed E-state index contributed by atoms with van der Waals surface area (Å²) in [5, 5.41) is 3.82. The summed E-state index contributed by atoms with van der Waals surface area (Å²) in [5.74, 6) is 0.00597. The third-order valence-electron chi connectivity index (χ3n) is 4.28. The van der Waals surface area contributed by atoms with Crippen LogP contribution in [0.5, 0.6) is 0 Å². The maximum absolute atomic E-state index is 12.1. The maximum Gasteiger partial charge on any atom is 0.410 e. The van der Waals surface area contributed by atoms with Gasteiger partial charge in [-0.2, -0.15) is 0 Å². The van der Waals surface area contributed by atoms with Gasteiger partial charge in [0.05, 0.1) is 5.92 Å². The summed E-state index contributed by atoms with van der Waals surface area (Å²) >= 11 is 0. The zero-order valence-electron chi connectivity index (χ0n) is 14.4. The van der Waals surface area contributed by atoms with E-state index in [9.17, 15) is 9.59 Å². The van der Waals surface area contributed by atoms with Crippen LogP contribution in [0.25, 0.3) is 0 Å². The van der Waals surface area contributed by atoms with Gasteiger partial charge >= 0.3 is 12.1 Å². The lowest BCUT2D eigenvalue weighted by atomic mass is 9.79. The molecule has 1 aliphatic carbocycles. The van der Waals surface area contributed by atoms with Crippen LogP contribution >= 0.6 is 0 Å². The number of amidine groups is 1. The van der Waals surface area contributed by atoms with Gasteiger partial charge in [-0.3, -0.25) is 0 Å². The second-order valence-electron chi connectivity index (χ2n) is 7.69. The monoisotopic (exact) mass is 325 g/mol. The Morgan fingerprint density at radius 2 is 1.78 bits per heavy atom. The summed E-state index contributed by atoms with van der Waals surface area (Å²) in [6.07, 6.45) is 2.74. The Bertz CT molecular complexity index is 498. The highest BCUT2D eigenvalue weighted by Crippen LogP contribution is 2.33. The molecule has 0 radical (unpaired) electrons. The standard InChI is InChI=1S/C16H27N3O4/c1-15(2,3)22-14(21)19-9-7-16(4,8-10-19)13(17)18-23-12(20)11-5-6-11/h11H,5-10H2,1-4H3,(H2,17,18). The summed E-state index contributed by atoms with van der Waals surface area (Å²) in [6.45, 7) is 8.59. The van der Waals surface area contributed by atoms with Gasteiger partial charge in [-0.25, -0.2) is 9.59 Å². The summed E-state index contributed by atoms with van der Waals surface area (Å²) in [7, 11) is 0. The highest BCUT2D eigenvalue weighted by Gasteiger charge is 2.37. The van der Waals surface area contributed by atoms with Gasteiger partial charge in [-0.05, 0) is 46.5 Å². The van der Waals surface area contributed by atoms with Crippen molar-refractivity contribution < 1.29 is 19.2 Å². The van der Waals surface area contributed by atoms with E-state index in [0.717, 1.165) is 12.8 Å². The highest BCUT2D eigenvalue weighted by atomic mass is 16.7. The molecule has 7 nitrogen and oxygen atoms in total. The largest absolute Gasteiger partial charge is 0.444 e. The fraction of sp³-hybridized carbons (Fsp3) is 0.812. The second-order valence-corrected chi connectivity index (χ2v) is 7.69. The lowest BCUT2D eigenvalue weighted by Gasteiger charge is -2.38. The molecular weight excluding hydrogens is 298 g/mol. The van der Waals surface area contributed by atoms with E-state index < -0.39 is 5.60 Å². The molecule has 2 rings (SSSR count). The van der Waals surface area contributed by atoms with Crippen molar-refractivity contribution in [3.63, 3.8) is 0 Å². The van der Waals surface area contributed by atoms with Gasteiger partial charge in [0, 0.05) is 18.5 Å². The maximum atomic E-state index is 12.1. The van der Waals surface area contributed by atoms with Gasteiger partial charge < -0.3 is 20.2 Å². The number of rotatable bonds is 3. The first-order valence-corrected chi connectivity index (χ1v) is 8.13. The molecule has 0 bridgehead atoms. The van der Waals surface area contributed by atoms with Crippen LogP contribution in [-0.4, -0.2) is 41.5 Å². The number of nitrogens with two attached hydrogens (primary N) is 1. The molecule has 0 aromatic carbocycles. The molecule has 7 heteroatoms. The number of carbonyl (C=O) groups is 2. The van der Waals surface area contributed by atoms with E-state index in [1.807, 2.05) is 27.7 Å². The first-order valence-electron chi connectivity index (χ1n) is 8.13. The van der Waals surface area contributed by atoms with E-state index in [1.54, 1.807) is 4.90 Å². The zero-order chi connectivity index (χ0) is 17.3. The van der Waals surface area contributed by atoms with Crippen molar-refractivity contribution in [2.45, 2.75) is 59.0 Å². The molecular formula is C16H27N3O4. The van der Waals surface area contributed by atoms with Crippen molar-refractivity contribution >= 4 is 17.9 Å². The number of ether oxygens (including phenoxy) is 1. The number of likely N-dealkylation sites (tertiary alicyclic amines) is 1. The lowest BCUT2D eigenvalue weighted by Crippen LogP contribution is -2.48. The van der Waals surface area contributed by atoms with E-state index in [2.05, 4.69) is 5.16 Å². The number of nitrogens with zero attached hydrogens (tertiary/aromatic N) is 2. The van der Waals surface area contributed by atoms with Crippen molar-refractivity contribution in [2.75, 3.05) is 13.1 Å². The smallest absolute Gasteiger partial charge is 0.410 e. The first kappa shape index (κ1) is 17.6. The average Bonchev–Trinajstić information content (AvgIpc) is 3.27. The fourth-order valence-corrected chi connectivity index (χ4v) is 2.36. The van der Waals surface area contributed by atoms with Crippen molar-refractivity contribution in [3.8, 4) is 0 Å². The minimum atomic E-state index is -0.505. The van der Waals surface area contributed by atoms with Crippen LogP contribution in [0.1, 0.15) is 53.4 Å². The number of hydrogen-bond donors (Lipinski definition) is 1. The molecule has 130 valence electrons. The second kappa shape index (κ2) is 6.37. The molecule has 0 aromatic rings. The number of oxime groups is 1. The van der Waals surface area contributed by atoms with Crippen LogP contribution in [0.15, 0.2) is 5.16 Å². The van der Waals surface area contributed by atoms with Crippen molar-refractivity contribution in [1.29, 1.82) is 0 Å². The topological polar surface area (TPSA) is 94.2 Å². The highest BCUT2D eigenvalue weighted by molar-refractivity contribution is 5.87. The summed E-state index contributed by atoms with van der Waals surface area (Å²) < 4.78 is 5.37. The van der Waals surface area contributed by atoms with Crippen LogP contribution in [0.4, 0.5) is 4.79 Å². The normalized spacial score (nSPS) is 21.7. The number of piperidine rings is 1. The minimum Gasteiger partial charge on any atom is -0.444 e. The van der Waals surface area contributed by atoms with Gasteiger partial charge in [0.25, 0.3) is 0 Å². The van der Waals surface area contributed by atoms with Crippen LogP contribution in [0.3, 0.4) is 0 Å². The Labute approximate surface area is 137 Å². The Balaban J connectivity index is 1.86. The SMILES string of the molecule is CC(C)(C)OC(=O)N1CCC(C)(/C(N)=N/OC(=O)C2CC2)CC1. The van der Waals surface area contributed by atoms with Gasteiger partial charge in [0.1, 0.15) is 11.4 Å². The van der Waals surface area contributed by atoms with Gasteiger partial charge in [0.15, 0.2) is 0 Å². The van der Waals surface area contributed by atoms with Crippen molar-refractivity contribution in [1.82, 2.24) is 4.90 Å². The molecule has 2 N–H and O–H groups in total. The molecule has 1 saturated heterocycles. The van der Waals surface area contributed by atoms with Gasteiger partial charge in [-0.15, -0.1) is 0 Å². The molecule has 1 heterocycles. The lowest BCUT2D eigenvalue weighted by molar-refractivity contribution is -0.145. The molecule has 0 atom stereocenters. The van der Waals surface area contributed by atoms with E-state index >= 15 is 0 Å². The zero-order valence-corrected chi connectivity index (χ0v) is 14.4. The van der Waals surface area contributed by atoms with E-state index in [4.69, 9.17) is 15.3 Å². The van der Waals surface area contributed by atoms with Crippen molar-refractivity contribution in [2.24, 2.45) is 22.2 Å². The van der Waals surface area contributed by atoms with Gasteiger partial charge in [0.2, 0.25) is 0 Å². The van der Waals surface area contributed by atoms with Crippen LogP contribution in [0.2, 0.25) is 0 Å². The molecule has 2 aliphatic rings. The quantitative estimate of drug-likeness (QED) is 0.372. The predicted molar refractivity (Wildman–Crippen MR) is 85.6 cm³/mol. The third-order valence-corrected chi connectivity index (χ3v) is 4.28. The summed E-state index contributed by atoms with van der Waals surface area (Å²) in [4.78, 5) is 30.2. The Morgan fingerprint density at radius 1 is 1.22 bits per heavy atom. The number of carbonyl (C=O) groups excluding carboxylic acids is 2. The van der Waals surface area contributed by atoms with E-state index in [1.165, 1.54) is 0 Å². The van der Waals surface area contributed by atoms with Crippen LogP contribution < -0.4 is 5.73 Å². The van der Waals surface area contributed by atoms with E-state index in [0.29, 0.717) is 31.8 Å². The minimum absolute atomic E-state index is 0.00614. The molecule has 0 aromatic heterocycles. The first-order chi connectivity index (χ1) is 10.6. The third kappa shape index (κ3) is 4.84. The molecule has 1 aliphatic heterocycles. The fourth-order valence-electron chi connectivity index (χ4n) is 2.36. The Kier molecular flexibility index (Phi) is 4.87. The molecule has 1 amide bonds. The molecule has 0 spiro atoms. The summed E-state index contributed by atoms with van der Waals surface area (Å²) in [6, 6.07) is 0. The molecule has 2 fully saturated rings. The number of amides is 1. The number of hydrogen-bond acceptors (Lipinski definition) is 5. The Hall–Kier alpha value is -1.79. The predicted octanol–water partition coefficient (Wildman–Crippen LogP) is 2.25. The van der Waals surface area contributed by atoms with E-state index in [-0.39, 0.29) is 23.4 Å². The van der Waals surface area contributed by atoms with Crippen molar-refractivity contribution in [3.05, 3.63) is 0 Å². The Morgan fingerprint density at radius 3 is 2.26 bits per heavy atom. The molecule has 1 saturated carbocycles. The molecule has 0 unspecified atom stereocenters. The van der Waals surface area contributed by atoms with Gasteiger partial charge in [-0.1, -0.05) is 12.1 Å². The average molecular weight is 325 g/mol. The molecule has 23 heavy (non-hydrogen) atoms. The summed E-state index contributed by atoms with van der Waals surface area (Å²) in [5.41, 5.74) is 5.14. The van der Waals surface area contributed by atoms with Crippen LogP contribution in [-0.2, 0) is 14.4 Å². The van der Waals surface area contributed by atoms with Crippen LogP contribution in [0, 0.1) is 11.3 Å².